The highest BCUT2D eigenvalue weighted by Crippen LogP contribution is 2.67. The second-order valence-electron chi connectivity index (χ2n) is 14.2. The van der Waals surface area contributed by atoms with Crippen molar-refractivity contribution in [3.05, 3.63) is 59.2 Å². The molecule has 1 saturated heterocycles. The number of piperazine rings is 1. The molecule has 5 nitrogen and oxygen atoms in total. The van der Waals surface area contributed by atoms with E-state index in [0.29, 0.717) is 16.9 Å². The van der Waals surface area contributed by atoms with Crippen molar-refractivity contribution in [3.8, 4) is 0 Å². The molecule has 4 fully saturated rings. The van der Waals surface area contributed by atoms with Crippen molar-refractivity contribution in [2.75, 3.05) is 33.2 Å². The summed E-state index contributed by atoms with van der Waals surface area (Å²) in [4.78, 5) is 23.3. The number of oxime groups is 1. The van der Waals surface area contributed by atoms with Gasteiger partial charge in [0, 0.05) is 38.6 Å². The second-order valence-corrected chi connectivity index (χ2v) is 14.2. The zero-order valence-corrected chi connectivity index (χ0v) is 25.3. The Hall–Kier alpha value is -2.24. The maximum Gasteiger partial charge on any atom is 0.365 e. The summed E-state index contributed by atoms with van der Waals surface area (Å²) >= 11 is 0. The highest BCUT2D eigenvalue weighted by molar-refractivity contribution is 5.91. The Morgan fingerprint density at radius 1 is 1.00 bits per heavy atom. The van der Waals surface area contributed by atoms with Crippen LogP contribution in [0, 0.1) is 34.5 Å². The number of carbonyl (C=O) groups excluding carboxylic acids is 1. The van der Waals surface area contributed by atoms with E-state index in [0.717, 1.165) is 69.0 Å². The minimum absolute atomic E-state index is 0.252. The van der Waals surface area contributed by atoms with Crippen LogP contribution in [0.15, 0.2) is 53.2 Å². The first-order valence-corrected chi connectivity index (χ1v) is 15.8. The molecule has 6 rings (SSSR count). The second kappa shape index (κ2) is 10.9. The molecule has 2 unspecified atom stereocenters. The molecule has 1 aromatic rings. The van der Waals surface area contributed by atoms with Crippen LogP contribution >= 0.6 is 0 Å². The van der Waals surface area contributed by atoms with Crippen molar-refractivity contribution in [2.45, 2.75) is 78.7 Å². The summed E-state index contributed by atoms with van der Waals surface area (Å²) in [5.41, 5.74) is 6.43. The molecule has 6 atom stereocenters. The van der Waals surface area contributed by atoms with Crippen molar-refractivity contribution in [1.29, 1.82) is 0 Å². The summed E-state index contributed by atoms with van der Waals surface area (Å²) in [6.45, 7) is 16.8. The molecule has 3 saturated carbocycles. The lowest BCUT2D eigenvalue weighted by Crippen LogP contribution is -2.50. The van der Waals surface area contributed by atoms with Crippen molar-refractivity contribution in [2.24, 2.45) is 39.7 Å². The maximum absolute atomic E-state index is 12.9. The lowest BCUT2D eigenvalue weighted by Gasteiger charge is -2.58. The summed E-state index contributed by atoms with van der Waals surface area (Å²) in [6.07, 6.45) is 12.4. The van der Waals surface area contributed by atoms with Gasteiger partial charge in [0.15, 0.2) is 0 Å². The smallest absolute Gasteiger partial charge is 0.313 e. The molecule has 0 aromatic heterocycles. The van der Waals surface area contributed by atoms with Crippen molar-refractivity contribution in [1.82, 2.24) is 9.80 Å². The molecular weight excluding hydrogens is 494 g/mol. The first kappa shape index (κ1) is 27.9. The van der Waals surface area contributed by atoms with Gasteiger partial charge in [0.2, 0.25) is 0 Å². The third-order valence-electron chi connectivity index (χ3n) is 12.0. The van der Waals surface area contributed by atoms with Gasteiger partial charge in [-0.3, -0.25) is 4.90 Å². The van der Waals surface area contributed by atoms with E-state index < -0.39 is 0 Å². The monoisotopic (exact) mass is 543 g/mol. The molecule has 0 spiro atoms. The van der Waals surface area contributed by atoms with E-state index in [4.69, 9.17) is 4.84 Å². The third kappa shape index (κ3) is 5.02. The number of nitrogens with zero attached hydrogens (tertiary/aromatic N) is 3. The highest BCUT2D eigenvalue weighted by atomic mass is 16.7. The van der Waals surface area contributed by atoms with Crippen molar-refractivity contribution < 1.29 is 9.63 Å². The maximum atomic E-state index is 12.9. The molecule has 0 amide bonds. The highest BCUT2D eigenvalue weighted by Gasteiger charge is 2.59. The fraction of sp³-hybridized carbons (Fsp3) is 0.657. The summed E-state index contributed by atoms with van der Waals surface area (Å²) in [5, 5.41) is 4.47. The van der Waals surface area contributed by atoms with Crippen molar-refractivity contribution in [3.63, 3.8) is 0 Å². The van der Waals surface area contributed by atoms with Gasteiger partial charge in [-0.25, -0.2) is 4.79 Å². The van der Waals surface area contributed by atoms with Crippen LogP contribution in [0.2, 0.25) is 0 Å². The van der Waals surface area contributed by atoms with E-state index in [9.17, 15) is 4.79 Å². The molecule has 40 heavy (non-hydrogen) atoms. The zero-order chi connectivity index (χ0) is 28.1. The van der Waals surface area contributed by atoms with E-state index >= 15 is 0 Å². The average Bonchev–Trinajstić information content (AvgIpc) is 3.31. The molecule has 0 radical (unpaired) electrons. The van der Waals surface area contributed by atoms with Gasteiger partial charge in [-0.05, 0) is 112 Å². The minimum Gasteiger partial charge on any atom is -0.313 e. The Balaban J connectivity index is 1.08. The molecule has 1 heterocycles. The molecule has 0 N–H and O–H groups in total. The van der Waals surface area contributed by atoms with Gasteiger partial charge in [0.05, 0.1) is 11.3 Å². The van der Waals surface area contributed by atoms with E-state index in [1.54, 1.807) is 5.57 Å². The Morgan fingerprint density at radius 3 is 2.50 bits per heavy atom. The van der Waals surface area contributed by atoms with Gasteiger partial charge in [-0.2, -0.15) is 0 Å². The van der Waals surface area contributed by atoms with E-state index in [-0.39, 0.29) is 11.4 Å². The molecule has 1 aromatic carbocycles. The predicted molar refractivity (Wildman–Crippen MR) is 162 cm³/mol. The van der Waals surface area contributed by atoms with Gasteiger partial charge < -0.3 is 9.74 Å². The first-order valence-electron chi connectivity index (χ1n) is 15.8. The molecule has 4 aliphatic carbocycles. The summed E-state index contributed by atoms with van der Waals surface area (Å²) in [5.74, 6) is 2.39. The molecule has 5 heteroatoms. The first-order chi connectivity index (χ1) is 19.2. The van der Waals surface area contributed by atoms with E-state index in [2.05, 4.69) is 67.6 Å². The van der Waals surface area contributed by atoms with Crippen LogP contribution in [-0.2, 0) is 11.4 Å². The van der Waals surface area contributed by atoms with Crippen LogP contribution in [0.25, 0.3) is 0 Å². The summed E-state index contributed by atoms with van der Waals surface area (Å²) in [7, 11) is 2.18. The van der Waals surface area contributed by atoms with Crippen LogP contribution in [0.5, 0.6) is 0 Å². The fourth-order valence-corrected chi connectivity index (χ4v) is 9.58. The molecular formula is C35H49N3O2. The summed E-state index contributed by atoms with van der Waals surface area (Å²) in [6, 6.07) is 7.89. The number of benzene rings is 1. The molecule has 216 valence electrons. The van der Waals surface area contributed by atoms with Crippen LogP contribution in [0.1, 0.15) is 88.1 Å². The zero-order valence-electron chi connectivity index (χ0n) is 25.3. The van der Waals surface area contributed by atoms with Crippen molar-refractivity contribution >= 4 is 11.7 Å². The number of fused-ring (bicyclic) bond motifs is 5. The minimum atomic E-state index is -0.354. The van der Waals surface area contributed by atoms with Gasteiger partial charge >= 0.3 is 5.97 Å². The predicted octanol–water partition coefficient (Wildman–Crippen LogP) is 7.10. The number of carbonyl (C=O) groups is 1. The Kier molecular flexibility index (Phi) is 7.58. The standard InChI is InChI=1S/C35H49N3O2/c1-24-14-16-34(3)28(22-24)10-11-29-31-13-12-30(35(31,4)17-15-32(29)34)25(2)36-40-33(39)27-8-6-26(7-9-27)23-38-20-18-37(5)19-21-38/h6-9,22,29-32H,1,10-21,23H2,2-5H3/b36-25+/t29-,30+,31?,32?,34-,35+/m0/s1. The normalized spacial score (nSPS) is 36.9. The van der Waals surface area contributed by atoms with Crippen LogP contribution in [0.3, 0.4) is 0 Å². The number of allylic oxidation sites excluding steroid dienone is 3. The van der Waals surface area contributed by atoms with Crippen LogP contribution in [0.4, 0.5) is 0 Å². The lowest BCUT2D eigenvalue weighted by atomic mass is 9.46. The number of rotatable bonds is 5. The lowest BCUT2D eigenvalue weighted by molar-refractivity contribution is -0.0420. The SMILES string of the molecule is C=C1C=C2CC[C@@H]3C(CC[C@@]4(C)C3CC[C@@H]4/C(C)=N/OC(=O)c3ccc(CN4CCN(C)CC4)cc3)[C@@]2(C)CC1. The van der Waals surface area contributed by atoms with Gasteiger partial charge in [0.25, 0.3) is 0 Å². The average molecular weight is 544 g/mol. The quantitative estimate of drug-likeness (QED) is 0.226. The van der Waals surface area contributed by atoms with E-state index in [1.807, 2.05) is 12.1 Å². The Bertz CT molecular complexity index is 1190. The Labute approximate surface area is 241 Å². The molecule has 0 bridgehead atoms. The number of hydrogen-bond acceptors (Lipinski definition) is 5. The van der Waals surface area contributed by atoms with E-state index in [1.165, 1.54) is 49.7 Å². The summed E-state index contributed by atoms with van der Waals surface area (Å²) < 4.78 is 0. The largest absolute Gasteiger partial charge is 0.365 e. The van der Waals surface area contributed by atoms with Crippen LogP contribution < -0.4 is 0 Å². The van der Waals surface area contributed by atoms with Crippen LogP contribution in [-0.4, -0.2) is 54.7 Å². The van der Waals surface area contributed by atoms with Gasteiger partial charge in [-0.1, -0.05) is 54.9 Å². The number of likely N-dealkylation sites (N-methyl/N-ethyl adjacent to an activating group) is 1. The topological polar surface area (TPSA) is 45.1 Å². The van der Waals surface area contributed by atoms with Gasteiger partial charge in [0.1, 0.15) is 0 Å². The third-order valence-corrected chi connectivity index (χ3v) is 12.0. The molecule has 5 aliphatic rings. The van der Waals surface area contributed by atoms with Gasteiger partial charge in [-0.15, -0.1) is 0 Å². The Morgan fingerprint density at radius 2 is 1.75 bits per heavy atom. The molecule has 1 aliphatic heterocycles. The number of hydrogen-bond donors (Lipinski definition) is 0. The fourth-order valence-electron chi connectivity index (χ4n) is 9.58.